The lowest BCUT2D eigenvalue weighted by Gasteiger charge is -1.88. The predicted octanol–water partition coefficient (Wildman–Crippen LogP) is 1.01. The minimum atomic E-state index is -1.21. The van der Waals surface area contributed by atoms with Crippen molar-refractivity contribution in [3.05, 3.63) is 0 Å². The number of rotatable bonds is 1. The van der Waals surface area contributed by atoms with Gasteiger partial charge < -0.3 is 5.11 Å². The Kier molecular flexibility index (Phi) is 2.84. The van der Waals surface area contributed by atoms with Crippen LogP contribution in [0.2, 0.25) is 0 Å². The summed E-state index contributed by atoms with van der Waals surface area (Å²) in [5.41, 5.74) is 0. The fourth-order valence-corrected chi connectivity index (χ4v) is 0. The van der Waals surface area contributed by atoms with Crippen molar-refractivity contribution >= 4 is 31.2 Å². The third-order valence-electron chi connectivity index (χ3n) is 0.206. The third-order valence-corrected chi connectivity index (χ3v) is 2.24. The van der Waals surface area contributed by atoms with Crippen LogP contribution in [0.5, 0.6) is 0 Å². The molecule has 0 heterocycles. The maximum atomic E-state index is 8.49. The molecule has 2 atom stereocenters. The van der Waals surface area contributed by atoms with Gasteiger partial charge in [0.2, 0.25) is 0 Å². The predicted molar refractivity (Wildman–Crippen MR) is 34.3 cm³/mol. The molecule has 1 nitrogen and oxygen atoms in total. The quantitative estimate of drug-likeness (QED) is 0.384. The van der Waals surface area contributed by atoms with Crippen LogP contribution in [0, 0.1) is 0 Å². The summed E-state index contributed by atoms with van der Waals surface area (Å²) in [5.74, 6) is 0. The largest absolute Gasteiger partial charge is 0.379 e. The van der Waals surface area contributed by atoms with E-state index in [0.29, 0.717) is 0 Å². The molecule has 0 aliphatic carbocycles. The van der Waals surface area contributed by atoms with E-state index in [-0.39, 0.29) is 8.58 Å². The van der Waals surface area contributed by atoms with Crippen LogP contribution in [0.3, 0.4) is 0 Å². The molecule has 0 saturated heterocycles. The maximum absolute atomic E-state index is 8.49. The van der Waals surface area contributed by atoms with Crippen LogP contribution in [0.15, 0.2) is 0 Å². The van der Waals surface area contributed by atoms with E-state index in [4.69, 9.17) is 6.48 Å². The minimum Gasteiger partial charge on any atom is -0.379 e. The molecule has 0 aliphatic rings. The lowest BCUT2D eigenvalue weighted by Crippen LogP contribution is -1.76. The van der Waals surface area contributed by atoms with Gasteiger partial charge in [0.15, 0.2) is 0 Å². The summed E-state index contributed by atoms with van der Waals surface area (Å²) in [5, 5.41) is 8.49. The Hall–Kier alpha value is 1.12. The van der Waals surface area contributed by atoms with Crippen molar-refractivity contribution < 1.29 is 6.48 Å². The van der Waals surface area contributed by atoms with E-state index in [1.54, 1.807) is 29.3 Å². The van der Waals surface area contributed by atoms with Gasteiger partial charge in [-0.3, -0.25) is 0 Å². The summed E-state index contributed by atoms with van der Waals surface area (Å²) in [7, 11) is 0.276. The number of hydrogen-bond donors (Lipinski definition) is 1. The van der Waals surface area contributed by atoms with Crippen LogP contribution in [0.4, 0.5) is 0 Å². The first-order valence-electron chi connectivity index (χ1n) is 1.66. The molecule has 0 spiro atoms. The lowest BCUT2D eigenvalue weighted by atomic mass is 11.7. The Labute approximate surface area is 48.5 Å². The first kappa shape index (κ1) is 4.28. The van der Waals surface area contributed by atoms with Gasteiger partial charge in [0.25, 0.3) is 0 Å². The molecule has 1 N–H and O–H groups in total. The zero-order chi connectivity index (χ0) is 5.21. The highest BCUT2D eigenvalue weighted by Crippen LogP contribution is 2.15. The second-order valence-electron chi connectivity index (χ2n) is 0.541. The van der Waals surface area contributed by atoms with Crippen molar-refractivity contribution in [1.29, 1.82) is 0 Å². The molecule has 5 heavy (non-hydrogen) atoms. The monoisotopic (exact) mass is 205 g/mol. The van der Waals surface area contributed by atoms with Crippen molar-refractivity contribution in [3.63, 3.8) is 0 Å². The van der Waals surface area contributed by atoms with E-state index in [1.807, 2.05) is 0 Å². The molecule has 0 aliphatic heterocycles. The van der Waals surface area contributed by atoms with Crippen LogP contribution in [0.1, 0.15) is 1.37 Å². The van der Waals surface area contributed by atoms with Crippen LogP contribution < -0.4 is 0 Å². The van der Waals surface area contributed by atoms with Gasteiger partial charge in [0, 0.05) is 0 Å². The summed E-state index contributed by atoms with van der Waals surface area (Å²) in [4.78, 5) is 0. The van der Waals surface area contributed by atoms with Crippen LogP contribution in [-0.4, -0.2) is 15.6 Å². The Bertz CT molecular complexity index is 43.3. The first-order valence-corrected chi connectivity index (χ1v) is 3.74. The summed E-state index contributed by atoms with van der Waals surface area (Å²) in [6.07, 6.45) is 0. The van der Waals surface area contributed by atoms with Crippen molar-refractivity contribution in [2.24, 2.45) is 0 Å². The van der Waals surface area contributed by atoms with Crippen LogP contribution in [-0.2, 0) is 0 Å². The Morgan fingerprint density at radius 1 is 2.40 bits per heavy atom. The molecule has 0 aromatic heterocycles. The fraction of sp³-hybridized carbons (Fsp3) is 1.00. The van der Waals surface area contributed by atoms with Gasteiger partial charge in [-0.05, 0) is 29.3 Å². The topological polar surface area (TPSA) is 20.2 Å². The molecule has 0 aromatic carbocycles. The highest BCUT2D eigenvalue weighted by Gasteiger charge is 1.83. The Morgan fingerprint density at radius 2 is 2.60 bits per heavy atom. The lowest BCUT2D eigenvalue weighted by molar-refractivity contribution is 0.356. The molecule has 0 saturated carbocycles. The van der Waals surface area contributed by atoms with Gasteiger partial charge in [0.1, 0.15) is 3.83 Å². The summed E-state index contributed by atoms with van der Waals surface area (Å²) in [6, 6.07) is 0. The van der Waals surface area contributed by atoms with Crippen molar-refractivity contribution in [2.75, 3.05) is 6.66 Å². The van der Waals surface area contributed by atoms with E-state index in [0.717, 1.165) is 0 Å². The van der Waals surface area contributed by atoms with E-state index in [1.165, 1.54) is 0 Å². The number of hydrogen-bond acceptors (Lipinski definition) is 1. The van der Waals surface area contributed by atoms with E-state index >= 15 is 0 Å². The number of alkyl halides is 1. The molecule has 32 valence electrons. The molecular formula is C2H6IOP. The number of halogens is 1. The Morgan fingerprint density at radius 3 is 2.60 bits per heavy atom. The summed E-state index contributed by atoms with van der Waals surface area (Å²) in [6.45, 7) is 1.79. The molecule has 0 bridgehead atoms. The molecule has 0 rings (SSSR count). The van der Waals surface area contributed by atoms with Crippen molar-refractivity contribution in [3.8, 4) is 0 Å². The normalized spacial score (nSPS) is 26.6. The molecule has 0 amide bonds. The van der Waals surface area contributed by atoms with Crippen LogP contribution in [0.25, 0.3) is 0 Å². The average Bonchev–Trinajstić information content (AvgIpc) is 1.35. The van der Waals surface area contributed by atoms with Crippen molar-refractivity contribution in [1.82, 2.24) is 0 Å². The zero-order valence-electron chi connectivity index (χ0n) is 3.83. The smallest absolute Gasteiger partial charge is 0.120 e. The fourth-order valence-electron chi connectivity index (χ4n) is 0. The van der Waals surface area contributed by atoms with Crippen molar-refractivity contribution in [2.45, 2.75) is 3.83 Å². The van der Waals surface area contributed by atoms with Crippen LogP contribution >= 0.6 is 31.2 Å². The number of aliphatic hydroxyl groups is 1. The van der Waals surface area contributed by atoms with Gasteiger partial charge >= 0.3 is 0 Å². The highest BCUT2D eigenvalue weighted by atomic mass is 127. The van der Waals surface area contributed by atoms with E-state index in [9.17, 15) is 0 Å². The zero-order valence-corrected chi connectivity index (χ0v) is 5.98. The Balaban J connectivity index is 3.17. The molecule has 3 heteroatoms. The molecule has 2 unspecified atom stereocenters. The SMILES string of the molecule is [2H]C(O)(I)PC. The molecule has 0 radical (unpaired) electrons. The third kappa shape index (κ3) is 5.12. The molecule has 0 aromatic rings. The summed E-state index contributed by atoms with van der Waals surface area (Å²) < 4.78 is 5.52. The highest BCUT2D eigenvalue weighted by molar-refractivity contribution is 14.1. The standard InChI is InChI=1S/C2H6IOP/c1-5-2(3)4/h2,4-5H,1H3/i2D. The van der Waals surface area contributed by atoms with Gasteiger partial charge in [-0.1, -0.05) is 8.58 Å². The maximum Gasteiger partial charge on any atom is 0.120 e. The first-order chi connectivity index (χ1) is 2.56. The second kappa shape index (κ2) is 3.32. The minimum absolute atomic E-state index is 0.276. The average molecular weight is 205 g/mol. The van der Waals surface area contributed by atoms with Gasteiger partial charge in [-0.15, -0.1) is 0 Å². The second-order valence-corrected chi connectivity index (χ2v) is 3.55. The summed E-state index contributed by atoms with van der Waals surface area (Å²) >= 11 is 1.68. The molecular weight excluding hydrogens is 198 g/mol. The van der Waals surface area contributed by atoms with E-state index in [2.05, 4.69) is 0 Å². The van der Waals surface area contributed by atoms with E-state index < -0.39 is 3.83 Å². The van der Waals surface area contributed by atoms with Gasteiger partial charge in [0.05, 0.1) is 1.37 Å². The van der Waals surface area contributed by atoms with Gasteiger partial charge in [-0.2, -0.15) is 0 Å². The van der Waals surface area contributed by atoms with Gasteiger partial charge in [-0.25, -0.2) is 0 Å². The molecule has 0 fully saturated rings.